The van der Waals surface area contributed by atoms with Crippen LogP contribution in [-0.4, -0.2) is 17.3 Å². The van der Waals surface area contributed by atoms with E-state index in [0.29, 0.717) is 21.3 Å². The van der Waals surface area contributed by atoms with Crippen molar-refractivity contribution < 1.29 is 9.90 Å². The molecule has 0 saturated heterocycles. The van der Waals surface area contributed by atoms with Crippen LogP contribution in [0.5, 0.6) is 0 Å². The Morgan fingerprint density at radius 2 is 1.70 bits per heavy atom. The molecule has 0 atom stereocenters. The molecule has 0 unspecified atom stereocenters. The molecule has 0 saturated carbocycles. The number of carbonyl (C=O) groups is 1. The van der Waals surface area contributed by atoms with Gasteiger partial charge in [-0.15, -0.1) is 0 Å². The van der Waals surface area contributed by atoms with Gasteiger partial charge < -0.3 is 5.11 Å². The monoisotopic (exact) mass is 308 g/mol. The van der Waals surface area contributed by atoms with E-state index in [1.165, 1.54) is 18.3 Å². The first-order chi connectivity index (χ1) is 9.58. The number of hydrogen-bond donors (Lipinski definition) is 2. The second-order valence-electron chi connectivity index (χ2n) is 3.89. The molecule has 4 nitrogen and oxygen atoms in total. The van der Waals surface area contributed by atoms with E-state index in [0.717, 1.165) is 0 Å². The van der Waals surface area contributed by atoms with Crippen LogP contribution in [0.15, 0.2) is 47.6 Å². The predicted octanol–water partition coefficient (Wildman–Crippen LogP) is 4.14. The quantitative estimate of drug-likeness (QED) is 0.659. The van der Waals surface area contributed by atoms with Crippen molar-refractivity contribution in [3.63, 3.8) is 0 Å². The first-order valence-corrected chi connectivity index (χ1v) is 6.40. The Kier molecular flexibility index (Phi) is 4.61. The first-order valence-electron chi connectivity index (χ1n) is 5.64. The lowest BCUT2D eigenvalue weighted by atomic mass is 10.2. The smallest absolute Gasteiger partial charge is 0.335 e. The largest absolute Gasteiger partial charge is 0.478 e. The third kappa shape index (κ3) is 3.50. The van der Waals surface area contributed by atoms with E-state index in [2.05, 4.69) is 10.5 Å². The minimum absolute atomic E-state index is 0.216. The van der Waals surface area contributed by atoms with Crippen LogP contribution in [0.4, 0.5) is 5.69 Å². The van der Waals surface area contributed by atoms with Crippen LogP contribution in [-0.2, 0) is 0 Å². The minimum atomic E-state index is -0.970. The van der Waals surface area contributed by atoms with Crippen molar-refractivity contribution in [3.05, 3.63) is 63.6 Å². The van der Waals surface area contributed by atoms with Gasteiger partial charge in [-0.2, -0.15) is 5.10 Å². The topological polar surface area (TPSA) is 61.7 Å². The van der Waals surface area contributed by atoms with Crippen molar-refractivity contribution in [2.24, 2.45) is 5.10 Å². The lowest BCUT2D eigenvalue weighted by Crippen LogP contribution is -1.96. The van der Waals surface area contributed by atoms with Gasteiger partial charge >= 0.3 is 5.97 Å². The van der Waals surface area contributed by atoms with E-state index in [4.69, 9.17) is 28.3 Å². The van der Waals surface area contributed by atoms with Gasteiger partial charge in [0.2, 0.25) is 0 Å². The van der Waals surface area contributed by atoms with Gasteiger partial charge in [0.1, 0.15) is 0 Å². The maximum atomic E-state index is 10.7. The molecule has 20 heavy (non-hydrogen) atoms. The highest BCUT2D eigenvalue weighted by Gasteiger charge is 2.02. The number of hydrazone groups is 1. The molecular formula is C14H10Cl2N2O2. The highest BCUT2D eigenvalue weighted by Crippen LogP contribution is 2.22. The summed E-state index contributed by atoms with van der Waals surface area (Å²) in [6.07, 6.45) is 1.51. The lowest BCUT2D eigenvalue weighted by molar-refractivity contribution is 0.0697. The number of rotatable bonds is 4. The van der Waals surface area contributed by atoms with Gasteiger partial charge in [-0.25, -0.2) is 4.79 Å². The van der Waals surface area contributed by atoms with Gasteiger partial charge in [0.15, 0.2) is 0 Å². The Hall–Kier alpha value is -2.04. The first kappa shape index (κ1) is 14.4. The molecular weight excluding hydrogens is 299 g/mol. The molecule has 0 aliphatic rings. The molecule has 0 spiro atoms. The van der Waals surface area contributed by atoms with E-state index in [1.54, 1.807) is 30.3 Å². The van der Waals surface area contributed by atoms with Crippen LogP contribution < -0.4 is 5.43 Å². The van der Waals surface area contributed by atoms with Crippen molar-refractivity contribution >= 4 is 41.1 Å². The Morgan fingerprint density at radius 3 is 2.25 bits per heavy atom. The highest BCUT2D eigenvalue weighted by atomic mass is 35.5. The number of anilines is 1. The fourth-order valence-corrected chi connectivity index (χ4v) is 1.99. The van der Waals surface area contributed by atoms with E-state index in [1.807, 2.05) is 0 Å². The number of nitrogens with one attached hydrogen (secondary N) is 1. The summed E-state index contributed by atoms with van der Waals surface area (Å²) in [6, 6.07) is 11.4. The molecule has 0 aromatic heterocycles. The van der Waals surface area contributed by atoms with Crippen LogP contribution in [0.3, 0.4) is 0 Å². The van der Waals surface area contributed by atoms with Gasteiger partial charge in [0.25, 0.3) is 0 Å². The average molecular weight is 309 g/mol. The molecule has 2 rings (SSSR count). The fourth-order valence-electron chi connectivity index (χ4n) is 1.49. The molecule has 102 valence electrons. The third-order valence-corrected chi connectivity index (χ3v) is 3.18. The second-order valence-corrected chi connectivity index (χ2v) is 4.70. The zero-order valence-corrected chi connectivity index (χ0v) is 11.7. The number of halogens is 2. The minimum Gasteiger partial charge on any atom is -0.478 e. The zero-order valence-electron chi connectivity index (χ0n) is 10.2. The van der Waals surface area contributed by atoms with E-state index >= 15 is 0 Å². The van der Waals surface area contributed by atoms with Crippen molar-refractivity contribution in [1.82, 2.24) is 0 Å². The van der Waals surface area contributed by atoms with E-state index in [9.17, 15) is 4.79 Å². The number of carboxylic acid groups (broad SMARTS) is 1. The van der Waals surface area contributed by atoms with E-state index < -0.39 is 5.97 Å². The van der Waals surface area contributed by atoms with Gasteiger partial charge in [0.05, 0.1) is 27.5 Å². The van der Waals surface area contributed by atoms with Crippen molar-refractivity contribution in [2.45, 2.75) is 0 Å². The molecule has 0 amide bonds. The Bertz CT molecular complexity index is 634. The maximum Gasteiger partial charge on any atom is 0.335 e. The molecule has 2 aromatic rings. The number of nitrogens with zero attached hydrogens (tertiary/aromatic N) is 1. The van der Waals surface area contributed by atoms with Crippen LogP contribution in [0, 0.1) is 0 Å². The van der Waals surface area contributed by atoms with Gasteiger partial charge in [-0.05, 0) is 36.4 Å². The molecule has 0 radical (unpaired) electrons. The Labute approximate surface area is 125 Å². The fraction of sp³-hybridized carbons (Fsp3) is 0. The molecule has 0 fully saturated rings. The average Bonchev–Trinajstić information content (AvgIpc) is 2.42. The Morgan fingerprint density at radius 1 is 1.10 bits per heavy atom. The van der Waals surface area contributed by atoms with E-state index in [-0.39, 0.29) is 5.56 Å². The summed E-state index contributed by atoms with van der Waals surface area (Å²) in [6.45, 7) is 0. The molecule has 2 N–H and O–H groups in total. The molecule has 2 aromatic carbocycles. The van der Waals surface area contributed by atoms with Crippen LogP contribution in [0.2, 0.25) is 10.0 Å². The lowest BCUT2D eigenvalue weighted by Gasteiger charge is -2.02. The highest BCUT2D eigenvalue weighted by molar-refractivity contribution is 6.38. The van der Waals surface area contributed by atoms with Crippen LogP contribution in [0.25, 0.3) is 0 Å². The standard InChI is InChI=1S/C14H10Cl2N2O2/c15-12-2-1-3-13(16)11(12)8-17-18-10-6-4-9(5-7-10)14(19)20/h1-8,18H,(H,19,20)/b17-8-. The number of hydrogen-bond acceptors (Lipinski definition) is 3. The predicted molar refractivity (Wildman–Crippen MR) is 81.1 cm³/mol. The summed E-state index contributed by atoms with van der Waals surface area (Å²) in [4.78, 5) is 10.7. The third-order valence-electron chi connectivity index (χ3n) is 2.52. The molecule has 0 aliphatic carbocycles. The van der Waals surface area contributed by atoms with Crippen molar-refractivity contribution in [3.8, 4) is 0 Å². The molecule has 0 heterocycles. The van der Waals surface area contributed by atoms with Crippen molar-refractivity contribution in [2.75, 3.05) is 5.43 Å². The second kappa shape index (κ2) is 6.41. The molecule has 0 bridgehead atoms. The summed E-state index contributed by atoms with van der Waals surface area (Å²) in [7, 11) is 0. The van der Waals surface area contributed by atoms with Gasteiger partial charge in [-0.3, -0.25) is 5.43 Å². The number of carboxylic acids is 1. The Balaban J connectivity index is 2.08. The SMILES string of the molecule is O=C(O)c1ccc(N/N=C\c2c(Cl)cccc2Cl)cc1. The van der Waals surface area contributed by atoms with Crippen LogP contribution >= 0.6 is 23.2 Å². The van der Waals surface area contributed by atoms with Gasteiger partial charge in [-0.1, -0.05) is 29.3 Å². The van der Waals surface area contributed by atoms with Crippen LogP contribution in [0.1, 0.15) is 15.9 Å². The summed E-state index contributed by atoms with van der Waals surface area (Å²) in [5, 5.41) is 13.8. The van der Waals surface area contributed by atoms with Gasteiger partial charge in [0, 0.05) is 5.56 Å². The normalized spacial score (nSPS) is 10.7. The summed E-state index contributed by atoms with van der Waals surface area (Å²) >= 11 is 12.0. The van der Waals surface area contributed by atoms with Crippen molar-refractivity contribution in [1.29, 1.82) is 0 Å². The zero-order chi connectivity index (χ0) is 14.5. The number of aromatic carboxylic acids is 1. The summed E-state index contributed by atoms with van der Waals surface area (Å²) < 4.78 is 0. The molecule has 0 aliphatic heterocycles. The summed E-state index contributed by atoms with van der Waals surface area (Å²) in [5.41, 5.74) is 4.27. The number of benzene rings is 2. The molecule has 6 heteroatoms. The maximum absolute atomic E-state index is 10.7. The summed E-state index contributed by atoms with van der Waals surface area (Å²) in [5.74, 6) is -0.970.